The van der Waals surface area contributed by atoms with Crippen molar-refractivity contribution in [3.05, 3.63) is 132 Å². The predicted molar refractivity (Wildman–Crippen MR) is 163 cm³/mol. The van der Waals surface area contributed by atoms with Crippen LogP contribution in [0.3, 0.4) is 0 Å². The van der Waals surface area contributed by atoms with Crippen LogP contribution in [-0.4, -0.2) is 29.9 Å². The zero-order chi connectivity index (χ0) is 28.7. The van der Waals surface area contributed by atoms with E-state index in [9.17, 15) is 0 Å². The molecule has 204 valence electrons. The molecule has 0 aliphatic rings. The molecule has 0 aliphatic carbocycles. The number of ether oxygens (including phenoxy) is 2. The van der Waals surface area contributed by atoms with E-state index in [1.165, 1.54) is 12.7 Å². The summed E-state index contributed by atoms with van der Waals surface area (Å²) in [6, 6.07) is 30.1. The van der Waals surface area contributed by atoms with E-state index in [1.807, 2.05) is 84.9 Å². The molecule has 0 atom stereocenters. The minimum atomic E-state index is 0.346. The van der Waals surface area contributed by atoms with Gasteiger partial charge in [0.05, 0.1) is 16.7 Å². The lowest BCUT2D eigenvalue weighted by Crippen LogP contribution is -1.91. The van der Waals surface area contributed by atoms with Gasteiger partial charge in [-0.1, -0.05) is 47.5 Å². The molecule has 42 heavy (non-hydrogen) atoms. The molecule has 3 aromatic carbocycles. The summed E-state index contributed by atoms with van der Waals surface area (Å²) in [5.41, 5.74) is 3.47. The van der Waals surface area contributed by atoms with Gasteiger partial charge in [0.15, 0.2) is 0 Å². The maximum atomic E-state index is 5.92. The molecule has 0 unspecified atom stereocenters. The number of benzene rings is 3. The van der Waals surface area contributed by atoms with Crippen LogP contribution in [0.15, 0.2) is 122 Å². The summed E-state index contributed by atoms with van der Waals surface area (Å²) in [7, 11) is 0. The van der Waals surface area contributed by atoms with Crippen molar-refractivity contribution < 1.29 is 9.47 Å². The number of nitrogens with zero attached hydrogens (tertiary/aromatic N) is 6. The minimum Gasteiger partial charge on any atom is -0.439 e. The number of fused-ring (bicyclic) bond motifs is 2. The second-order valence-corrected chi connectivity index (χ2v) is 9.67. The average Bonchev–Trinajstić information content (AvgIpc) is 3.02. The zero-order valence-corrected chi connectivity index (χ0v) is 23.3. The SMILES string of the molecule is Clc1cc(Oc2ccc3cccnc3c2)ncn1.Clc1ccc(-c2cc(Oc3ccc4cccnc4c3)ncn2)cc1. The van der Waals surface area contributed by atoms with Crippen molar-refractivity contribution in [1.29, 1.82) is 0 Å². The summed E-state index contributed by atoms with van der Waals surface area (Å²) in [4.78, 5) is 24.8. The van der Waals surface area contributed by atoms with E-state index < -0.39 is 0 Å². The van der Waals surface area contributed by atoms with Crippen LogP contribution in [0, 0.1) is 0 Å². The number of halogens is 2. The Morgan fingerprint density at radius 3 is 1.67 bits per heavy atom. The molecular weight excluding hydrogens is 571 g/mol. The van der Waals surface area contributed by atoms with Gasteiger partial charge in [-0.05, 0) is 48.5 Å². The predicted octanol–water partition coefficient (Wildman–Crippen LogP) is 8.61. The highest BCUT2D eigenvalue weighted by Gasteiger charge is 2.06. The fourth-order valence-electron chi connectivity index (χ4n) is 4.01. The topological polar surface area (TPSA) is 95.8 Å². The number of hydrogen-bond acceptors (Lipinski definition) is 8. The molecule has 7 rings (SSSR count). The lowest BCUT2D eigenvalue weighted by atomic mass is 10.1. The smallest absolute Gasteiger partial charge is 0.223 e. The molecule has 0 aliphatic heterocycles. The molecule has 0 N–H and O–H groups in total. The fraction of sp³-hybridized carbons (Fsp3) is 0. The monoisotopic (exact) mass is 590 g/mol. The first-order chi connectivity index (χ1) is 20.6. The van der Waals surface area contributed by atoms with Crippen LogP contribution < -0.4 is 9.47 Å². The molecule has 4 aromatic heterocycles. The van der Waals surface area contributed by atoms with Gasteiger partial charge in [-0.2, -0.15) is 0 Å². The van der Waals surface area contributed by atoms with Crippen LogP contribution in [0.25, 0.3) is 33.1 Å². The van der Waals surface area contributed by atoms with Crippen molar-refractivity contribution in [2.24, 2.45) is 0 Å². The highest BCUT2D eigenvalue weighted by atomic mass is 35.5. The van der Waals surface area contributed by atoms with E-state index in [-0.39, 0.29) is 0 Å². The van der Waals surface area contributed by atoms with Crippen LogP contribution in [0.1, 0.15) is 0 Å². The van der Waals surface area contributed by atoms with E-state index in [0.717, 1.165) is 33.1 Å². The summed E-state index contributed by atoms with van der Waals surface area (Å²) in [5.74, 6) is 2.23. The van der Waals surface area contributed by atoms with Crippen molar-refractivity contribution in [1.82, 2.24) is 29.9 Å². The number of aromatic nitrogens is 6. The standard InChI is InChI=1S/C19H12ClN3O.C13H8ClN3O/c20-15-6-3-14(4-7-15)18-11-19(23-12-22-18)24-16-8-5-13-2-1-9-21-17(13)10-16;14-12-7-13(17-8-16-12)18-10-4-3-9-2-1-5-15-11(9)6-10/h1-12H;1-8H. The van der Waals surface area contributed by atoms with Crippen LogP contribution in [-0.2, 0) is 0 Å². The van der Waals surface area contributed by atoms with Gasteiger partial charge < -0.3 is 9.47 Å². The molecule has 0 amide bonds. The molecular formula is C32H20Cl2N6O2. The Balaban J connectivity index is 0.000000157. The Morgan fingerprint density at radius 2 is 1.07 bits per heavy atom. The van der Waals surface area contributed by atoms with Crippen molar-refractivity contribution in [3.63, 3.8) is 0 Å². The maximum absolute atomic E-state index is 5.92. The molecule has 0 saturated carbocycles. The van der Waals surface area contributed by atoms with Crippen molar-refractivity contribution in [2.45, 2.75) is 0 Å². The third kappa shape index (κ3) is 6.75. The van der Waals surface area contributed by atoms with E-state index >= 15 is 0 Å². The fourth-order valence-corrected chi connectivity index (χ4v) is 4.27. The van der Waals surface area contributed by atoms with Crippen LogP contribution in [0.4, 0.5) is 0 Å². The van der Waals surface area contributed by atoms with Crippen LogP contribution in [0.5, 0.6) is 23.3 Å². The van der Waals surface area contributed by atoms with Gasteiger partial charge in [0.1, 0.15) is 29.3 Å². The van der Waals surface area contributed by atoms with Crippen LogP contribution in [0.2, 0.25) is 10.2 Å². The first-order valence-electron chi connectivity index (χ1n) is 12.7. The molecule has 0 bridgehead atoms. The number of hydrogen-bond donors (Lipinski definition) is 0. The lowest BCUT2D eigenvalue weighted by Gasteiger charge is -2.07. The Kier molecular flexibility index (Phi) is 8.07. The van der Waals surface area contributed by atoms with E-state index in [1.54, 1.807) is 24.5 Å². The van der Waals surface area contributed by atoms with Gasteiger partial charge in [0.25, 0.3) is 0 Å². The first kappa shape index (κ1) is 27.0. The van der Waals surface area contributed by atoms with E-state index in [4.69, 9.17) is 32.7 Å². The van der Waals surface area contributed by atoms with Crippen molar-refractivity contribution >= 4 is 45.0 Å². The molecule has 0 fully saturated rings. The minimum absolute atomic E-state index is 0.346. The average molecular weight is 591 g/mol. The quantitative estimate of drug-likeness (QED) is 0.184. The zero-order valence-electron chi connectivity index (χ0n) is 21.8. The maximum Gasteiger partial charge on any atom is 0.223 e. The van der Waals surface area contributed by atoms with Crippen molar-refractivity contribution in [3.8, 4) is 34.5 Å². The summed E-state index contributed by atoms with van der Waals surface area (Å²) >= 11 is 11.7. The summed E-state index contributed by atoms with van der Waals surface area (Å²) < 4.78 is 11.4. The Hall–Kier alpha value is -5.18. The van der Waals surface area contributed by atoms with Crippen LogP contribution >= 0.6 is 23.2 Å². The van der Waals surface area contributed by atoms with Crippen molar-refractivity contribution in [2.75, 3.05) is 0 Å². The third-order valence-electron chi connectivity index (χ3n) is 5.99. The van der Waals surface area contributed by atoms with E-state index in [0.29, 0.717) is 33.4 Å². The normalized spacial score (nSPS) is 10.6. The summed E-state index contributed by atoms with van der Waals surface area (Å²) in [5, 5.41) is 3.16. The van der Waals surface area contributed by atoms with E-state index in [2.05, 4.69) is 29.9 Å². The Bertz CT molecular complexity index is 1990. The summed E-state index contributed by atoms with van der Waals surface area (Å²) in [6.45, 7) is 0. The molecule has 0 spiro atoms. The van der Waals surface area contributed by atoms with Gasteiger partial charge >= 0.3 is 0 Å². The van der Waals surface area contributed by atoms with Gasteiger partial charge in [0, 0.05) is 58.0 Å². The third-order valence-corrected chi connectivity index (χ3v) is 6.45. The second-order valence-electron chi connectivity index (χ2n) is 8.85. The van der Waals surface area contributed by atoms with Gasteiger partial charge in [-0.25, -0.2) is 19.9 Å². The lowest BCUT2D eigenvalue weighted by molar-refractivity contribution is 0.462. The second kappa shape index (κ2) is 12.6. The Morgan fingerprint density at radius 1 is 0.500 bits per heavy atom. The number of rotatable bonds is 5. The molecule has 10 heteroatoms. The Labute approximate surface area is 250 Å². The van der Waals surface area contributed by atoms with Gasteiger partial charge in [-0.15, -0.1) is 0 Å². The number of pyridine rings is 2. The molecule has 0 saturated heterocycles. The molecule has 0 radical (unpaired) electrons. The molecule has 8 nitrogen and oxygen atoms in total. The highest BCUT2D eigenvalue weighted by Crippen LogP contribution is 2.27. The largest absolute Gasteiger partial charge is 0.439 e. The summed E-state index contributed by atoms with van der Waals surface area (Å²) in [6.07, 6.45) is 6.35. The highest BCUT2D eigenvalue weighted by molar-refractivity contribution is 6.30. The van der Waals surface area contributed by atoms with Gasteiger partial charge in [-0.3, -0.25) is 9.97 Å². The first-order valence-corrected chi connectivity index (χ1v) is 13.5. The van der Waals surface area contributed by atoms with Gasteiger partial charge in [0.2, 0.25) is 11.8 Å². The molecule has 7 aromatic rings. The molecule has 4 heterocycles.